The number of nitrogens with zero attached hydrogens (tertiary/aromatic N) is 1. The maximum atomic E-state index is 13.2. The lowest BCUT2D eigenvalue weighted by Crippen LogP contribution is -2.46. The molecule has 1 amide bonds. The average molecular weight is 326 g/mol. The number of carbonyl (C=O) groups is 1. The van der Waals surface area contributed by atoms with Gasteiger partial charge >= 0.3 is 0 Å². The number of hydrogen-bond acceptors (Lipinski definition) is 4. The number of benzene rings is 1. The van der Waals surface area contributed by atoms with Gasteiger partial charge in [-0.2, -0.15) is 0 Å². The van der Waals surface area contributed by atoms with E-state index in [1.165, 1.54) is 0 Å². The Balaban J connectivity index is 1.58. The third-order valence-electron chi connectivity index (χ3n) is 4.40. The lowest BCUT2D eigenvalue weighted by Gasteiger charge is -2.34. The molecule has 23 heavy (non-hydrogen) atoms. The molecular weight excluding hydrogens is 306 g/mol. The second-order valence-corrected chi connectivity index (χ2v) is 6.14. The van der Waals surface area contributed by atoms with Crippen molar-refractivity contribution in [3.8, 4) is 0 Å². The largest absolute Gasteiger partial charge is 0.396 e. The summed E-state index contributed by atoms with van der Waals surface area (Å²) >= 11 is 0. The number of amides is 1. The molecule has 2 heterocycles. The van der Waals surface area contributed by atoms with Gasteiger partial charge in [-0.15, -0.1) is 0 Å². The van der Waals surface area contributed by atoms with Gasteiger partial charge in [0.05, 0.1) is 12.7 Å². The minimum atomic E-state index is -0.765. The number of rotatable bonds is 4. The molecule has 0 bridgehead atoms. The van der Waals surface area contributed by atoms with Gasteiger partial charge in [0, 0.05) is 43.4 Å². The Morgan fingerprint density at radius 1 is 1.30 bits per heavy atom. The highest BCUT2D eigenvalue weighted by atomic mass is 19.1. The molecule has 0 radical (unpaired) electrons. The van der Waals surface area contributed by atoms with Crippen LogP contribution in [-0.2, 0) is 4.74 Å². The fraction of sp³-hybridized carbons (Fsp3) is 0.562. The van der Waals surface area contributed by atoms with Crippen molar-refractivity contribution < 1.29 is 23.4 Å². The Morgan fingerprint density at radius 3 is 2.74 bits per heavy atom. The monoisotopic (exact) mass is 326 g/mol. The smallest absolute Gasteiger partial charge is 0.251 e. The van der Waals surface area contributed by atoms with Gasteiger partial charge in [0.2, 0.25) is 0 Å². The first-order valence-electron chi connectivity index (χ1n) is 7.78. The Kier molecular flexibility index (Phi) is 4.89. The number of aliphatic hydroxyl groups is 1. The maximum absolute atomic E-state index is 13.2. The van der Waals surface area contributed by atoms with E-state index in [1.54, 1.807) is 0 Å². The molecule has 0 saturated carbocycles. The second kappa shape index (κ2) is 6.90. The van der Waals surface area contributed by atoms with Crippen LogP contribution >= 0.6 is 0 Å². The van der Waals surface area contributed by atoms with Crippen molar-refractivity contribution in [3.05, 3.63) is 35.4 Å². The normalized spacial score (nSPS) is 27.7. The van der Waals surface area contributed by atoms with Crippen molar-refractivity contribution in [1.29, 1.82) is 0 Å². The van der Waals surface area contributed by atoms with Crippen LogP contribution in [0.4, 0.5) is 8.78 Å². The van der Waals surface area contributed by atoms with E-state index < -0.39 is 17.5 Å². The molecule has 3 atom stereocenters. The van der Waals surface area contributed by atoms with E-state index in [9.17, 15) is 13.6 Å². The Bertz CT molecular complexity index is 564. The number of morpholine rings is 1. The van der Waals surface area contributed by atoms with Gasteiger partial charge in [0.15, 0.2) is 0 Å². The average Bonchev–Trinajstić information content (AvgIpc) is 2.88. The van der Waals surface area contributed by atoms with E-state index in [0.29, 0.717) is 19.6 Å². The summed E-state index contributed by atoms with van der Waals surface area (Å²) in [6.45, 7) is 2.08. The number of aliphatic hydroxyl groups excluding tert-OH is 1. The Hall–Kier alpha value is -1.57. The summed E-state index contributed by atoms with van der Waals surface area (Å²) in [4.78, 5) is 14.4. The van der Waals surface area contributed by atoms with Crippen LogP contribution in [0.3, 0.4) is 0 Å². The molecule has 2 N–H and O–H groups in total. The summed E-state index contributed by atoms with van der Waals surface area (Å²) in [6.07, 6.45) is 1.36. The standard InChI is InChI=1S/C16H20F2N2O3/c17-11-3-10(4-12(18)5-11)16(22)19-13-6-14-9-23-15(1-2-21)8-20(14)7-13/h3-5,13-15,21H,1-2,6-9H2,(H,19,22)/t13-,14-,15-/m0/s1. The second-order valence-electron chi connectivity index (χ2n) is 6.14. The predicted octanol–water partition coefficient (Wildman–Crippen LogP) is 0.919. The number of carbonyl (C=O) groups excluding carboxylic acids is 1. The third kappa shape index (κ3) is 3.85. The summed E-state index contributed by atoms with van der Waals surface area (Å²) in [5, 5.41) is 11.8. The fourth-order valence-electron chi connectivity index (χ4n) is 3.32. The lowest BCUT2D eigenvalue weighted by molar-refractivity contribution is -0.0566. The number of ether oxygens (including phenoxy) is 1. The highest BCUT2D eigenvalue weighted by Gasteiger charge is 2.37. The number of fused-ring (bicyclic) bond motifs is 1. The molecule has 2 aliphatic rings. The van der Waals surface area contributed by atoms with Crippen LogP contribution in [0.5, 0.6) is 0 Å². The summed E-state index contributed by atoms with van der Waals surface area (Å²) in [5.74, 6) is -2.00. The van der Waals surface area contributed by atoms with Gasteiger partial charge in [-0.3, -0.25) is 9.69 Å². The molecule has 0 aromatic heterocycles. The van der Waals surface area contributed by atoms with E-state index in [1.807, 2.05) is 0 Å². The van der Waals surface area contributed by atoms with Crippen LogP contribution in [0.25, 0.3) is 0 Å². The first-order valence-corrected chi connectivity index (χ1v) is 7.78. The minimum Gasteiger partial charge on any atom is -0.396 e. The molecule has 0 unspecified atom stereocenters. The highest BCUT2D eigenvalue weighted by molar-refractivity contribution is 5.94. The molecule has 1 aromatic rings. The van der Waals surface area contributed by atoms with Crippen molar-refractivity contribution in [2.75, 3.05) is 26.3 Å². The topological polar surface area (TPSA) is 61.8 Å². The van der Waals surface area contributed by atoms with Crippen molar-refractivity contribution in [2.45, 2.75) is 31.0 Å². The summed E-state index contributed by atoms with van der Waals surface area (Å²) in [7, 11) is 0. The van der Waals surface area contributed by atoms with E-state index >= 15 is 0 Å². The van der Waals surface area contributed by atoms with Gasteiger partial charge in [0.25, 0.3) is 5.91 Å². The molecule has 2 aliphatic heterocycles. The van der Waals surface area contributed by atoms with Crippen LogP contribution < -0.4 is 5.32 Å². The molecule has 0 spiro atoms. The van der Waals surface area contributed by atoms with E-state index in [-0.39, 0.29) is 30.4 Å². The van der Waals surface area contributed by atoms with Gasteiger partial charge in [-0.25, -0.2) is 8.78 Å². The molecule has 2 saturated heterocycles. The molecule has 126 valence electrons. The Labute approximate surface area is 133 Å². The molecule has 2 fully saturated rings. The van der Waals surface area contributed by atoms with Crippen LogP contribution in [-0.4, -0.2) is 60.4 Å². The van der Waals surface area contributed by atoms with E-state index in [2.05, 4.69) is 10.2 Å². The van der Waals surface area contributed by atoms with Gasteiger partial charge in [-0.05, 0) is 25.0 Å². The summed E-state index contributed by atoms with van der Waals surface area (Å²) in [5.41, 5.74) is -0.0122. The Morgan fingerprint density at radius 2 is 2.04 bits per heavy atom. The molecule has 5 nitrogen and oxygen atoms in total. The fourth-order valence-corrected chi connectivity index (χ4v) is 3.32. The molecular formula is C16H20F2N2O3. The summed E-state index contributed by atoms with van der Waals surface area (Å²) in [6, 6.07) is 2.96. The molecule has 1 aromatic carbocycles. The maximum Gasteiger partial charge on any atom is 0.251 e. The molecule has 3 rings (SSSR count). The molecule has 7 heteroatoms. The first kappa shape index (κ1) is 16.3. The van der Waals surface area contributed by atoms with Crippen molar-refractivity contribution in [2.24, 2.45) is 0 Å². The third-order valence-corrected chi connectivity index (χ3v) is 4.40. The number of halogens is 2. The predicted molar refractivity (Wildman–Crippen MR) is 79.0 cm³/mol. The lowest BCUT2D eigenvalue weighted by atomic mass is 10.1. The zero-order chi connectivity index (χ0) is 16.4. The van der Waals surface area contributed by atoms with Crippen LogP contribution in [0, 0.1) is 11.6 Å². The highest BCUT2D eigenvalue weighted by Crippen LogP contribution is 2.24. The van der Waals surface area contributed by atoms with Crippen LogP contribution in [0.2, 0.25) is 0 Å². The number of nitrogens with one attached hydrogen (secondary N) is 1. The van der Waals surface area contributed by atoms with Gasteiger partial charge in [0.1, 0.15) is 11.6 Å². The quantitative estimate of drug-likeness (QED) is 0.864. The zero-order valence-electron chi connectivity index (χ0n) is 12.7. The van der Waals surface area contributed by atoms with Crippen LogP contribution in [0.1, 0.15) is 23.2 Å². The van der Waals surface area contributed by atoms with Crippen molar-refractivity contribution >= 4 is 5.91 Å². The zero-order valence-corrected chi connectivity index (χ0v) is 12.7. The van der Waals surface area contributed by atoms with Crippen LogP contribution in [0.15, 0.2) is 18.2 Å². The SMILES string of the molecule is O=C(N[C@H]1C[C@H]2CO[C@@H](CCO)CN2C1)c1cc(F)cc(F)c1. The van der Waals surface area contributed by atoms with E-state index in [0.717, 1.165) is 31.2 Å². The van der Waals surface area contributed by atoms with Gasteiger partial charge in [-0.1, -0.05) is 0 Å². The van der Waals surface area contributed by atoms with Crippen molar-refractivity contribution in [3.63, 3.8) is 0 Å². The minimum absolute atomic E-state index is 0.0122. The van der Waals surface area contributed by atoms with Crippen molar-refractivity contribution in [1.82, 2.24) is 10.2 Å². The summed E-state index contributed by atoms with van der Waals surface area (Å²) < 4.78 is 32.1. The van der Waals surface area contributed by atoms with Gasteiger partial charge < -0.3 is 15.2 Å². The number of hydrogen-bond donors (Lipinski definition) is 2. The van der Waals surface area contributed by atoms with E-state index in [4.69, 9.17) is 9.84 Å². The first-order chi connectivity index (χ1) is 11.0. The molecule has 0 aliphatic carbocycles.